The molecule has 0 spiro atoms. The number of carbonyl (C=O) groups excluding carboxylic acids is 1. The monoisotopic (exact) mass is 335 g/mol. The van der Waals surface area contributed by atoms with Gasteiger partial charge in [-0.1, -0.05) is 45.4 Å². The number of aryl methyl sites for hydroxylation is 1. The molecule has 3 atom stereocenters. The van der Waals surface area contributed by atoms with Crippen molar-refractivity contribution in [2.45, 2.75) is 52.0 Å². The zero-order valence-corrected chi connectivity index (χ0v) is 15.3. The van der Waals surface area contributed by atoms with Gasteiger partial charge in [0, 0.05) is 24.9 Å². The molecule has 0 N–H and O–H groups in total. The fraction of sp³-hybridized carbons (Fsp3) is 0.611. The molecule has 126 valence electrons. The van der Waals surface area contributed by atoms with Gasteiger partial charge in [0.05, 0.1) is 4.90 Å². The maximum atomic E-state index is 13.2. The van der Waals surface area contributed by atoms with Crippen LogP contribution in [0.25, 0.3) is 0 Å². The minimum atomic E-state index is -3.59. The zero-order valence-electron chi connectivity index (χ0n) is 14.5. The van der Waals surface area contributed by atoms with E-state index in [-0.39, 0.29) is 28.6 Å². The minimum absolute atomic E-state index is 0.178. The molecule has 1 aliphatic carbocycles. The van der Waals surface area contributed by atoms with Crippen LogP contribution in [-0.2, 0) is 14.8 Å². The standard InChI is InChI=1S/C18H25NO3S/c1-12-6-8-13(9-7-12)23(21,22)19-11-18(5)10-14(20)15(18)16(19)17(2,3)4/h6-9,15-16H,10-11H2,1-5H3/t15-,16-,18+/m0/s1. The quantitative estimate of drug-likeness (QED) is 0.835. The van der Waals surface area contributed by atoms with Crippen molar-refractivity contribution in [3.8, 4) is 0 Å². The summed E-state index contributed by atoms with van der Waals surface area (Å²) in [4.78, 5) is 12.5. The summed E-state index contributed by atoms with van der Waals surface area (Å²) in [6.45, 7) is 10.5. The molecule has 3 rings (SSSR count). The third-order valence-corrected chi connectivity index (χ3v) is 7.18. The molecule has 1 saturated heterocycles. The first-order valence-electron chi connectivity index (χ1n) is 8.08. The highest BCUT2D eigenvalue weighted by atomic mass is 32.2. The number of nitrogens with zero attached hydrogens (tertiary/aromatic N) is 1. The highest BCUT2D eigenvalue weighted by Gasteiger charge is 2.65. The van der Waals surface area contributed by atoms with Crippen LogP contribution in [0.15, 0.2) is 29.2 Å². The summed E-state index contributed by atoms with van der Waals surface area (Å²) in [6, 6.07) is 6.68. The van der Waals surface area contributed by atoms with Crippen molar-refractivity contribution in [2.24, 2.45) is 16.7 Å². The summed E-state index contributed by atoms with van der Waals surface area (Å²) in [5.41, 5.74) is 0.531. The highest BCUT2D eigenvalue weighted by Crippen LogP contribution is 2.57. The lowest BCUT2D eigenvalue weighted by Crippen LogP contribution is -2.52. The molecule has 2 fully saturated rings. The van der Waals surface area contributed by atoms with Crippen LogP contribution in [0.1, 0.15) is 39.7 Å². The smallest absolute Gasteiger partial charge is 0.243 e. The molecular weight excluding hydrogens is 310 g/mol. The maximum Gasteiger partial charge on any atom is 0.243 e. The van der Waals surface area contributed by atoms with Crippen molar-refractivity contribution in [3.63, 3.8) is 0 Å². The first-order valence-corrected chi connectivity index (χ1v) is 9.52. The summed E-state index contributed by atoms with van der Waals surface area (Å²) in [7, 11) is -3.59. The largest absolute Gasteiger partial charge is 0.299 e. The fourth-order valence-electron chi connectivity index (χ4n) is 4.22. The Morgan fingerprint density at radius 1 is 1.17 bits per heavy atom. The van der Waals surface area contributed by atoms with Gasteiger partial charge in [-0.15, -0.1) is 0 Å². The van der Waals surface area contributed by atoms with Crippen molar-refractivity contribution in [1.29, 1.82) is 0 Å². The lowest BCUT2D eigenvalue weighted by atomic mass is 9.57. The Morgan fingerprint density at radius 2 is 1.74 bits per heavy atom. The van der Waals surface area contributed by atoms with E-state index in [1.165, 1.54) is 0 Å². The van der Waals surface area contributed by atoms with Gasteiger partial charge in [0.15, 0.2) is 0 Å². The van der Waals surface area contributed by atoms with Gasteiger partial charge in [-0.3, -0.25) is 4.79 Å². The van der Waals surface area contributed by atoms with Crippen molar-refractivity contribution in [3.05, 3.63) is 29.8 Å². The number of hydrogen-bond donors (Lipinski definition) is 0. The number of carbonyl (C=O) groups is 1. The van der Waals surface area contributed by atoms with Gasteiger partial charge in [0.1, 0.15) is 5.78 Å². The number of sulfonamides is 1. The molecule has 0 aromatic heterocycles. The van der Waals surface area contributed by atoms with Gasteiger partial charge in [0.2, 0.25) is 10.0 Å². The predicted molar refractivity (Wildman–Crippen MR) is 89.5 cm³/mol. The second-order valence-corrected chi connectivity index (χ2v) is 10.3. The first kappa shape index (κ1) is 16.7. The van der Waals surface area contributed by atoms with Crippen molar-refractivity contribution < 1.29 is 13.2 Å². The average Bonchev–Trinajstić information content (AvgIpc) is 2.67. The number of Topliss-reactive ketones (excluding diaryl/α,β-unsaturated/α-hetero) is 1. The van der Waals surface area contributed by atoms with E-state index < -0.39 is 10.0 Å². The predicted octanol–water partition coefficient (Wildman–Crippen LogP) is 3.01. The van der Waals surface area contributed by atoms with E-state index in [1.807, 2.05) is 46.8 Å². The zero-order chi connectivity index (χ0) is 17.2. The van der Waals surface area contributed by atoms with Crippen molar-refractivity contribution in [2.75, 3.05) is 6.54 Å². The van der Waals surface area contributed by atoms with Crippen LogP contribution in [0.2, 0.25) is 0 Å². The number of benzene rings is 1. The number of rotatable bonds is 2. The van der Waals surface area contributed by atoms with Gasteiger partial charge in [0.25, 0.3) is 0 Å². The topological polar surface area (TPSA) is 54.5 Å². The molecule has 0 unspecified atom stereocenters. The molecule has 5 heteroatoms. The molecule has 1 saturated carbocycles. The second-order valence-electron chi connectivity index (χ2n) is 8.45. The first-order chi connectivity index (χ1) is 10.5. The summed E-state index contributed by atoms with van der Waals surface area (Å²) in [6.07, 6.45) is 0.490. The summed E-state index contributed by atoms with van der Waals surface area (Å²) in [5.74, 6) is 0.0248. The Hall–Kier alpha value is -1.20. The number of hydrogen-bond acceptors (Lipinski definition) is 3. The van der Waals surface area contributed by atoms with Gasteiger partial charge < -0.3 is 0 Å². The Bertz CT molecular complexity index is 745. The Morgan fingerprint density at radius 3 is 2.22 bits per heavy atom. The molecule has 1 aromatic carbocycles. The minimum Gasteiger partial charge on any atom is -0.299 e. The van der Waals surface area contributed by atoms with Crippen LogP contribution in [0, 0.1) is 23.7 Å². The Balaban J connectivity index is 2.07. The fourth-order valence-corrected chi connectivity index (χ4v) is 6.17. The van der Waals surface area contributed by atoms with E-state index in [0.717, 1.165) is 5.56 Å². The third kappa shape index (κ3) is 2.45. The van der Waals surface area contributed by atoms with Crippen LogP contribution in [-0.4, -0.2) is 31.1 Å². The van der Waals surface area contributed by atoms with E-state index in [4.69, 9.17) is 0 Å². The molecule has 0 bridgehead atoms. The second kappa shape index (κ2) is 4.90. The van der Waals surface area contributed by atoms with Crippen molar-refractivity contribution in [1.82, 2.24) is 4.31 Å². The lowest BCUT2D eigenvalue weighted by molar-refractivity contribution is -0.140. The van der Waals surface area contributed by atoms with Gasteiger partial charge in [-0.25, -0.2) is 8.42 Å². The number of ketones is 1. The van der Waals surface area contributed by atoms with Crippen LogP contribution >= 0.6 is 0 Å². The molecule has 1 aromatic rings. The molecule has 0 radical (unpaired) electrons. The van der Waals surface area contributed by atoms with Crippen molar-refractivity contribution >= 4 is 15.8 Å². The molecule has 1 aliphatic heterocycles. The highest BCUT2D eigenvalue weighted by molar-refractivity contribution is 7.89. The Labute approximate surface area is 138 Å². The van der Waals surface area contributed by atoms with Crippen LogP contribution < -0.4 is 0 Å². The van der Waals surface area contributed by atoms with Gasteiger partial charge in [-0.2, -0.15) is 4.31 Å². The van der Waals surface area contributed by atoms with E-state index in [0.29, 0.717) is 17.9 Å². The van der Waals surface area contributed by atoms with E-state index in [2.05, 4.69) is 0 Å². The normalized spacial score (nSPS) is 31.8. The molecular formula is C18H25NO3S. The molecule has 0 amide bonds. The molecule has 4 nitrogen and oxygen atoms in total. The van der Waals surface area contributed by atoms with Crippen LogP contribution in [0.4, 0.5) is 0 Å². The van der Waals surface area contributed by atoms with Gasteiger partial charge >= 0.3 is 0 Å². The SMILES string of the molecule is Cc1ccc(S(=O)(=O)N2C[C@@]3(C)CC(=O)[C@H]3[C@H]2C(C)(C)C)cc1. The van der Waals surface area contributed by atoms with E-state index in [1.54, 1.807) is 16.4 Å². The average molecular weight is 335 g/mol. The number of fused-ring (bicyclic) bond motifs is 1. The Kier molecular flexibility index (Phi) is 3.55. The summed E-state index contributed by atoms with van der Waals surface area (Å²) >= 11 is 0. The van der Waals surface area contributed by atoms with E-state index in [9.17, 15) is 13.2 Å². The van der Waals surface area contributed by atoms with Crippen LogP contribution in [0.5, 0.6) is 0 Å². The third-order valence-electron chi connectivity index (χ3n) is 5.33. The summed E-state index contributed by atoms with van der Waals surface area (Å²) in [5, 5.41) is 0. The maximum absolute atomic E-state index is 13.2. The lowest BCUT2D eigenvalue weighted by Gasteiger charge is -2.44. The molecule has 1 heterocycles. The molecule has 2 aliphatic rings. The van der Waals surface area contributed by atoms with Crippen LogP contribution in [0.3, 0.4) is 0 Å². The summed E-state index contributed by atoms with van der Waals surface area (Å²) < 4.78 is 28.0. The van der Waals surface area contributed by atoms with E-state index >= 15 is 0 Å². The molecule has 23 heavy (non-hydrogen) atoms. The van der Waals surface area contributed by atoms with Gasteiger partial charge in [-0.05, 0) is 29.9 Å².